The van der Waals surface area contributed by atoms with Gasteiger partial charge in [0.05, 0.1) is 6.04 Å². The summed E-state index contributed by atoms with van der Waals surface area (Å²) in [6, 6.07) is 10.3. The normalized spacial score (nSPS) is 16.8. The van der Waals surface area contributed by atoms with Gasteiger partial charge in [-0.3, -0.25) is 9.69 Å². The molecule has 3 aromatic rings. The van der Waals surface area contributed by atoms with E-state index in [4.69, 9.17) is 4.42 Å². The lowest BCUT2D eigenvalue weighted by atomic mass is 10.1. The Kier molecular flexibility index (Phi) is 6.19. The van der Waals surface area contributed by atoms with Crippen LogP contribution in [-0.4, -0.2) is 30.4 Å². The molecule has 1 aliphatic rings. The Balaban J connectivity index is 1.52. The van der Waals surface area contributed by atoms with Crippen LogP contribution < -0.4 is 5.32 Å². The van der Waals surface area contributed by atoms with Crippen LogP contribution in [0.4, 0.5) is 0 Å². The van der Waals surface area contributed by atoms with E-state index in [1.165, 1.54) is 30.6 Å². The molecule has 4 nitrogen and oxygen atoms in total. The van der Waals surface area contributed by atoms with Gasteiger partial charge < -0.3 is 9.73 Å². The largest absolute Gasteiger partial charge is 0.451 e. The van der Waals surface area contributed by atoms with Gasteiger partial charge in [0.25, 0.3) is 5.91 Å². The Morgan fingerprint density at radius 1 is 1.25 bits per heavy atom. The topological polar surface area (TPSA) is 45.5 Å². The van der Waals surface area contributed by atoms with Crippen LogP contribution in [0, 0.1) is 6.92 Å². The lowest BCUT2D eigenvalue weighted by molar-refractivity contribution is 0.0907. The summed E-state index contributed by atoms with van der Waals surface area (Å²) in [5.74, 6) is 0.273. The summed E-state index contributed by atoms with van der Waals surface area (Å²) < 4.78 is 6.84. The van der Waals surface area contributed by atoms with Crippen molar-refractivity contribution in [2.45, 2.75) is 38.6 Å². The number of halogens is 1. The van der Waals surface area contributed by atoms with Crippen LogP contribution in [0.25, 0.3) is 11.0 Å². The summed E-state index contributed by atoms with van der Waals surface area (Å²) in [6.07, 6.45) is 5.06. The van der Waals surface area contributed by atoms with Gasteiger partial charge >= 0.3 is 0 Å². The molecule has 1 aromatic carbocycles. The van der Waals surface area contributed by atoms with Gasteiger partial charge in [0.2, 0.25) is 0 Å². The third-order valence-electron chi connectivity index (χ3n) is 5.51. The van der Waals surface area contributed by atoms with Crippen molar-refractivity contribution in [3.8, 4) is 0 Å². The molecule has 0 saturated carbocycles. The standard InChI is InChI=1S/C22H25BrN2O2S/c1-15-17-13-16(23)8-9-19(17)27-21(15)22(26)24-14-18(20-7-6-12-28-20)25-10-4-2-3-5-11-25/h6-9,12-13,18H,2-5,10-11,14H2,1H3,(H,24,26)/t18-/m1/s1. The molecule has 2 aromatic heterocycles. The van der Waals surface area contributed by atoms with E-state index in [-0.39, 0.29) is 11.9 Å². The van der Waals surface area contributed by atoms with Crippen LogP contribution in [0.5, 0.6) is 0 Å². The van der Waals surface area contributed by atoms with E-state index in [9.17, 15) is 4.79 Å². The zero-order valence-corrected chi connectivity index (χ0v) is 18.4. The number of fused-ring (bicyclic) bond motifs is 1. The van der Waals surface area contributed by atoms with Crippen molar-refractivity contribution in [2.75, 3.05) is 19.6 Å². The number of amides is 1. The number of hydrogen-bond acceptors (Lipinski definition) is 4. The van der Waals surface area contributed by atoms with E-state index >= 15 is 0 Å². The number of furan rings is 1. The minimum atomic E-state index is -0.138. The third kappa shape index (κ3) is 4.19. The Hall–Kier alpha value is -1.63. The number of nitrogens with one attached hydrogen (secondary N) is 1. The Morgan fingerprint density at radius 2 is 2.04 bits per heavy atom. The second-order valence-electron chi connectivity index (χ2n) is 7.39. The summed E-state index contributed by atoms with van der Waals surface area (Å²) in [5, 5.41) is 6.23. The van der Waals surface area contributed by atoms with E-state index in [0.29, 0.717) is 12.3 Å². The predicted octanol–water partition coefficient (Wildman–Crippen LogP) is 5.91. The maximum atomic E-state index is 12.9. The summed E-state index contributed by atoms with van der Waals surface area (Å²) in [4.78, 5) is 16.8. The van der Waals surface area contributed by atoms with Crippen LogP contribution in [-0.2, 0) is 0 Å². The number of rotatable bonds is 5. The molecule has 1 fully saturated rings. The van der Waals surface area contributed by atoms with Crippen molar-refractivity contribution in [1.29, 1.82) is 0 Å². The van der Waals surface area contributed by atoms with Crippen molar-refractivity contribution in [2.24, 2.45) is 0 Å². The monoisotopic (exact) mass is 460 g/mol. The molecule has 1 amide bonds. The molecule has 148 valence electrons. The first-order valence-corrected chi connectivity index (χ1v) is 11.5. The number of carbonyl (C=O) groups excluding carboxylic acids is 1. The predicted molar refractivity (Wildman–Crippen MR) is 118 cm³/mol. The molecule has 0 radical (unpaired) electrons. The van der Waals surface area contributed by atoms with Crippen LogP contribution in [0.3, 0.4) is 0 Å². The molecule has 0 unspecified atom stereocenters. The summed E-state index contributed by atoms with van der Waals surface area (Å²) in [7, 11) is 0. The number of aryl methyl sites for hydroxylation is 1. The maximum Gasteiger partial charge on any atom is 0.287 e. The number of benzene rings is 1. The van der Waals surface area contributed by atoms with Crippen molar-refractivity contribution < 1.29 is 9.21 Å². The highest BCUT2D eigenvalue weighted by Crippen LogP contribution is 2.29. The van der Waals surface area contributed by atoms with Gasteiger partial charge in [0.1, 0.15) is 5.58 Å². The van der Waals surface area contributed by atoms with Gasteiger partial charge in [-0.25, -0.2) is 0 Å². The Morgan fingerprint density at radius 3 is 2.75 bits per heavy atom. The fourth-order valence-corrected chi connectivity index (χ4v) is 5.20. The van der Waals surface area contributed by atoms with E-state index in [0.717, 1.165) is 34.1 Å². The minimum absolute atomic E-state index is 0.138. The Labute approximate surface area is 178 Å². The van der Waals surface area contributed by atoms with Gasteiger partial charge in [-0.1, -0.05) is 34.8 Å². The first kappa shape index (κ1) is 19.7. The average Bonchev–Trinajstić information content (AvgIpc) is 3.23. The molecule has 0 spiro atoms. The first-order chi connectivity index (χ1) is 13.6. The second kappa shape index (κ2) is 8.80. The van der Waals surface area contributed by atoms with E-state index in [1.54, 1.807) is 11.3 Å². The van der Waals surface area contributed by atoms with Crippen LogP contribution in [0.2, 0.25) is 0 Å². The lowest BCUT2D eigenvalue weighted by Crippen LogP contribution is -2.38. The molecule has 3 heterocycles. The molecule has 6 heteroatoms. The summed E-state index contributed by atoms with van der Waals surface area (Å²) in [5.41, 5.74) is 1.63. The summed E-state index contributed by atoms with van der Waals surface area (Å²) >= 11 is 5.25. The van der Waals surface area contributed by atoms with E-state index < -0.39 is 0 Å². The number of likely N-dealkylation sites (tertiary alicyclic amines) is 1. The van der Waals surface area contributed by atoms with Crippen LogP contribution in [0.15, 0.2) is 44.6 Å². The number of thiophene rings is 1. The van der Waals surface area contributed by atoms with Crippen LogP contribution >= 0.6 is 27.3 Å². The molecule has 1 atom stereocenters. The SMILES string of the molecule is Cc1c(C(=O)NC[C@H](c2cccs2)N2CCCCCC2)oc2ccc(Br)cc12. The molecule has 1 aliphatic heterocycles. The molecule has 4 rings (SSSR count). The molecular weight excluding hydrogens is 436 g/mol. The van der Waals surface area contributed by atoms with E-state index in [2.05, 4.69) is 43.7 Å². The minimum Gasteiger partial charge on any atom is -0.451 e. The molecule has 1 saturated heterocycles. The van der Waals surface area contributed by atoms with Crippen molar-refractivity contribution in [3.63, 3.8) is 0 Å². The molecule has 0 bridgehead atoms. The zero-order chi connectivity index (χ0) is 19.5. The molecule has 28 heavy (non-hydrogen) atoms. The molecular formula is C22H25BrN2O2S. The van der Waals surface area contributed by atoms with Crippen molar-refractivity contribution in [1.82, 2.24) is 10.2 Å². The zero-order valence-electron chi connectivity index (χ0n) is 16.0. The van der Waals surface area contributed by atoms with Gasteiger partial charge in [0, 0.05) is 26.8 Å². The van der Waals surface area contributed by atoms with Crippen LogP contribution in [0.1, 0.15) is 52.7 Å². The lowest BCUT2D eigenvalue weighted by Gasteiger charge is -2.30. The highest BCUT2D eigenvalue weighted by molar-refractivity contribution is 9.10. The van der Waals surface area contributed by atoms with E-state index in [1.807, 2.05) is 25.1 Å². The van der Waals surface area contributed by atoms with Gasteiger partial charge in [0.15, 0.2) is 5.76 Å². The number of carbonyl (C=O) groups is 1. The quantitative estimate of drug-likeness (QED) is 0.514. The number of hydrogen-bond donors (Lipinski definition) is 1. The average molecular weight is 461 g/mol. The summed E-state index contributed by atoms with van der Waals surface area (Å²) in [6.45, 7) is 4.73. The number of nitrogens with zero attached hydrogens (tertiary/aromatic N) is 1. The molecule has 1 N–H and O–H groups in total. The highest BCUT2D eigenvalue weighted by atomic mass is 79.9. The Bertz CT molecular complexity index is 943. The fourth-order valence-electron chi connectivity index (χ4n) is 3.98. The van der Waals surface area contributed by atoms with Gasteiger partial charge in [-0.15, -0.1) is 11.3 Å². The van der Waals surface area contributed by atoms with Gasteiger partial charge in [-0.05, 0) is 62.5 Å². The highest BCUT2D eigenvalue weighted by Gasteiger charge is 2.24. The third-order valence-corrected chi connectivity index (χ3v) is 6.98. The molecule has 0 aliphatic carbocycles. The maximum absolute atomic E-state index is 12.9. The second-order valence-corrected chi connectivity index (χ2v) is 9.28. The smallest absolute Gasteiger partial charge is 0.287 e. The van der Waals surface area contributed by atoms with Crippen molar-refractivity contribution >= 4 is 44.1 Å². The van der Waals surface area contributed by atoms with Gasteiger partial charge in [-0.2, -0.15) is 0 Å². The first-order valence-electron chi connectivity index (χ1n) is 9.88. The van der Waals surface area contributed by atoms with Crippen molar-refractivity contribution in [3.05, 3.63) is 56.4 Å². The fraction of sp³-hybridized carbons (Fsp3) is 0.409.